The lowest BCUT2D eigenvalue weighted by Gasteiger charge is -2.11. The van der Waals surface area contributed by atoms with Gasteiger partial charge >= 0.3 is 5.97 Å². The molecule has 1 N–H and O–H groups in total. The number of amides is 1. The first kappa shape index (κ1) is 19.4. The van der Waals surface area contributed by atoms with E-state index in [1.54, 1.807) is 24.3 Å². The van der Waals surface area contributed by atoms with E-state index >= 15 is 0 Å². The highest BCUT2D eigenvalue weighted by Gasteiger charge is 2.22. The molecule has 2 aromatic carbocycles. The molecular weight excluding hydrogens is 362 g/mol. The van der Waals surface area contributed by atoms with Crippen LogP contribution in [0.15, 0.2) is 46.9 Å². The van der Waals surface area contributed by atoms with E-state index in [1.165, 1.54) is 14.2 Å². The van der Waals surface area contributed by atoms with E-state index in [4.69, 9.17) is 18.6 Å². The first-order valence-electron chi connectivity index (χ1n) is 8.64. The van der Waals surface area contributed by atoms with Crippen molar-refractivity contribution in [3.63, 3.8) is 0 Å². The number of hydrogen-bond donors (Lipinski definition) is 1. The zero-order valence-electron chi connectivity index (χ0n) is 15.9. The largest absolute Gasteiger partial charge is 0.495 e. The van der Waals surface area contributed by atoms with Gasteiger partial charge in [0, 0.05) is 18.1 Å². The highest BCUT2D eigenvalue weighted by Crippen LogP contribution is 2.27. The van der Waals surface area contributed by atoms with Crippen molar-refractivity contribution in [3.8, 4) is 5.75 Å². The fourth-order valence-corrected chi connectivity index (χ4v) is 2.85. The number of carbonyl (C=O) groups is 2. The third kappa shape index (κ3) is 4.15. The molecule has 0 radical (unpaired) electrons. The Hall–Kier alpha value is -3.32. The molecule has 146 valence electrons. The van der Waals surface area contributed by atoms with Gasteiger partial charge in [0.2, 0.25) is 5.76 Å². The number of esters is 1. The lowest BCUT2D eigenvalue weighted by atomic mass is 10.1. The predicted molar refractivity (Wildman–Crippen MR) is 104 cm³/mol. The van der Waals surface area contributed by atoms with E-state index in [9.17, 15) is 9.59 Å². The summed E-state index contributed by atoms with van der Waals surface area (Å²) in [5.41, 5.74) is 2.60. The number of carbonyl (C=O) groups excluding carboxylic acids is 2. The molecule has 1 amide bonds. The van der Waals surface area contributed by atoms with Gasteiger partial charge in [0.05, 0.1) is 19.4 Å². The molecule has 7 nitrogen and oxygen atoms in total. The van der Waals surface area contributed by atoms with Gasteiger partial charge in [-0.05, 0) is 30.7 Å². The van der Waals surface area contributed by atoms with Crippen LogP contribution in [0.25, 0.3) is 11.0 Å². The van der Waals surface area contributed by atoms with Crippen LogP contribution >= 0.6 is 0 Å². The molecule has 7 heteroatoms. The molecule has 0 fully saturated rings. The Morgan fingerprint density at radius 3 is 2.64 bits per heavy atom. The summed E-state index contributed by atoms with van der Waals surface area (Å²) in [6, 6.07) is 12.6. The summed E-state index contributed by atoms with van der Waals surface area (Å²) in [5, 5.41) is 3.45. The number of ether oxygens (including phenoxy) is 3. The fraction of sp³-hybridized carbons (Fsp3) is 0.238. The monoisotopic (exact) mass is 383 g/mol. The maximum absolute atomic E-state index is 12.5. The summed E-state index contributed by atoms with van der Waals surface area (Å²) in [5.74, 6) is -0.662. The number of methoxy groups -OCH3 is 2. The van der Waals surface area contributed by atoms with Crippen molar-refractivity contribution in [3.05, 3.63) is 59.4 Å². The van der Waals surface area contributed by atoms with E-state index in [-0.39, 0.29) is 12.4 Å². The number of rotatable bonds is 7. The number of furan rings is 1. The Labute approximate surface area is 162 Å². The van der Waals surface area contributed by atoms with Crippen LogP contribution < -0.4 is 10.1 Å². The standard InChI is InChI=1S/C21H21NO6/c1-13-8-9-18(26-3)16(10-13)22-19(23)12-27-21(24)20-15(11-25-2)14-6-4-5-7-17(14)28-20/h4-10H,11-12H2,1-3H3,(H,22,23). The second-order valence-electron chi connectivity index (χ2n) is 6.17. The average molecular weight is 383 g/mol. The van der Waals surface area contributed by atoms with Gasteiger partial charge in [-0.15, -0.1) is 0 Å². The van der Waals surface area contributed by atoms with Crippen molar-refractivity contribution in [1.29, 1.82) is 0 Å². The molecule has 0 saturated heterocycles. The molecule has 0 aliphatic carbocycles. The number of nitrogens with one attached hydrogen (secondary N) is 1. The third-order valence-electron chi connectivity index (χ3n) is 4.14. The van der Waals surface area contributed by atoms with Crippen LogP contribution in [0.1, 0.15) is 21.7 Å². The molecule has 0 aliphatic heterocycles. The van der Waals surface area contributed by atoms with Gasteiger partial charge in [-0.1, -0.05) is 24.3 Å². The van der Waals surface area contributed by atoms with Gasteiger partial charge in [-0.2, -0.15) is 0 Å². The predicted octanol–water partition coefficient (Wildman–Crippen LogP) is 3.69. The van der Waals surface area contributed by atoms with E-state index in [0.717, 1.165) is 10.9 Å². The second-order valence-corrected chi connectivity index (χ2v) is 6.17. The number of anilines is 1. The Balaban J connectivity index is 1.70. The van der Waals surface area contributed by atoms with E-state index in [1.807, 2.05) is 25.1 Å². The highest BCUT2D eigenvalue weighted by atomic mass is 16.5. The molecule has 3 aromatic rings. The summed E-state index contributed by atoms with van der Waals surface area (Å²) in [6.45, 7) is 1.63. The summed E-state index contributed by atoms with van der Waals surface area (Å²) < 4.78 is 21.1. The van der Waals surface area contributed by atoms with Crippen LogP contribution in [0, 0.1) is 6.92 Å². The van der Waals surface area contributed by atoms with E-state index < -0.39 is 18.5 Å². The maximum atomic E-state index is 12.5. The summed E-state index contributed by atoms with van der Waals surface area (Å²) >= 11 is 0. The first-order valence-corrected chi connectivity index (χ1v) is 8.64. The zero-order valence-corrected chi connectivity index (χ0v) is 15.9. The molecule has 0 saturated carbocycles. The molecule has 1 aromatic heterocycles. The molecule has 3 rings (SSSR count). The van der Waals surface area contributed by atoms with Gasteiger partial charge in [-0.25, -0.2) is 4.79 Å². The average Bonchev–Trinajstić information content (AvgIpc) is 3.05. The Morgan fingerprint density at radius 2 is 1.89 bits per heavy atom. The molecule has 0 spiro atoms. The quantitative estimate of drug-likeness (QED) is 0.626. The lowest BCUT2D eigenvalue weighted by Crippen LogP contribution is -2.21. The van der Waals surface area contributed by atoms with Crippen LogP contribution in [-0.2, 0) is 20.9 Å². The maximum Gasteiger partial charge on any atom is 0.375 e. The van der Waals surface area contributed by atoms with Gasteiger partial charge in [-0.3, -0.25) is 4.79 Å². The van der Waals surface area contributed by atoms with Crippen molar-refractivity contribution < 1.29 is 28.2 Å². The van der Waals surface area contributed by atoms with Crippen LogP contribution in [0.3, 0.4) is 0 Å². The van der Waals surface area contributed by atoms with Crippen molar-refractivity contribution in [2.75, 3.05) is 26.1 Å². The third-order valence-corrected chi connectivity index (χ3v) is 4.14. The zero-order chi connectivity index (χ0) is 20.1. The lowest BCUT2D eigenvalue weighted by molar-refractivity contribution is -0.119. The van der Waals surface area contributed by atoms with Crippen LogP contribution in [0.2, 0.25) is 0 Å². The molecule has 0 unspecified atom stereocenters. The van der Waals surface area contributed by atoms with Gasteiger partial charge in [0.15, 0.2) is 6.61 Å². The molecule has 0 atom stereocenters. The van der Waals surface area contributed by atoms with Crippen molar-refractivity contribution >= 4 is 28.5 Å². The van der Waals surface area contributed by atoms with E-state index in [2.05, 4.69) is 5.32 Å². The summed E-state index contributed by atoms with van der Waals surface area (Å²) in [6.07, 6.45) is 0. The topological polar surface area (TPSA) is 87.0 Å². The highest BCUT2D eigenvalue weighted by molar-refractivity contribution is 5.98. The van der Waals surface area contributed by atoms with Gasteiger partial charge in [0.1, 0.15) is 11.3 Å². The number of hydrogen-bond acceptors (Lipinski definition) is 6. The van der Waals surface area contributed by atoms with Crippen LogP contribution in [0.4, 0.5) is 5.69 Å². The van der Waals surface area contributed by atoms with Gasteiger partial charge in [0.25, 0.3) is 5.91 Å². The van der Waals surface area contributed by atoms with E-state index in [0.29, 0.717) is 22.6 Å². The minimum atomic E-state index is -0.727. The smallest absolute Gasteiger partial charge is 0.375 e. The van der Waals surface area contributed by atoms with Crippen molar-refractivity contribution in [2.24, 2.45) is 0 Å². The van der Waals surface area contributed by atoms with Crippen molar-refractivity contribution in [1.82, 2.24) is 0 Å². The van der Waals surface area contributed by atoms with Crippen LogP contribution in [-0.4, -0.2) is 32.7 Å². The Morgan fingerprint density at radius 1 is 1.11 bits per heavy atom. The summed E-state index contributed by atoms with van der Waals surface area (Å²) in [7, 11) is 3.04. The number of para-hydroxylation sites is 1. The number of benzene rings is 2. The van der Waals surface area contributed by atoms with Crippen molar-refractivity contribution in [2.45, 2.75) is 13.5 Å². The normalized spacial score (nSPS) is 10.7. The minimum Gasteiger partial charge on any atom is -0.495 e. The molecule has 28 heavy (non-hydrogen) atoms. The SMILES string of the molecule is COCc1c(C(=O)OCC(=O)Nc2cc(C)ccc2OC)oc2ccccc12. The van der Waals surface area contributed by atoms with Gasteiger partial charge < -0.3 is 23.9 Å². The molecular formula is C21H21NO6. The Kier molecular flexibility index (Phi) is 5.96. The molecule has 1 heterocycles. The molecule has 0 bridgehead atoms. The first-order chi connectivity index (χ1) is 13.5. The minimum absolute atomic E-state index is 0.0315. The Bertz CT molecular complexity index is 1010. The molecule has 0 aliphatic rings. The number of aryl methyl sites for hydroxylation is 1. The fourth-order valence-electron chi connectivity index (χ4n) is 2.85. The summed E-state index contributed by atoms with van der Waals surface area (Å²) in [4.78, 5) is 24.7. The van der Waals surface area contributed by atoms with Crippen LogP contribution in [0.5, 0.6) is 5.75 Å². The number of fused-ring (bicyclic) bond motifs is 1. The second kappa shape index (κ2) is 8.58.